The van der Waals surface area contributed by atoms with Crippen LogP contribution in [0.25, 0.3) is 0 Å². The van der Waals surface area contributed by atoms with E-state index in [1.165, 1.54) is 6.20 Å². The van der Waals surface area contributed by atoms with Crippen molar-refractivity contribution in [2.75, 3.05) is 11.9 Å². The number of nitrogens with zero attached hydrogens (tertiary/aromatic N) is 2. The predicted octanol–water partition coefficient (Wildman–Crippen LogP) is 4.37. The van der Waals surface area contributed by atoms with Crippen molar-refractivity contribution < 1.29 is 4.92 Å². The molecule has 110 valence electrons. The van der Waals surface area contributed by atoms with Crippen molar-refractivity contribution in [1.29, 1.82) is 0 Å². The summed E-state index contributed by atoms with van der Waals surface area (Å²) in [7, 11) is 0. The Morgan fingerprint density at radius 1 is 1.38 bits per heavy atom. The smallest absolute Gasteiger partial charge is 0.291 e. The van der Waals surface area contributed by atoms with Crippen LogP contribution >= 0.6 is 27.5 Å². The van der Waals surface area contributed by atoms with E-state index in [9.17, 15) is 10.1 Å². The van der Waals surface area contributed by atoms with Gasteiger partial charge in [0, 0.05) is 17.1 Å². The Labute approximate surface area is 135 Å². The van der Waals surface area contributed by atoms with Crippen LogP contribution in [0.4, 0.5) is 11.5 Å². The summed E-state index contributed by atoms with van der Waals surface area (Å²) in [5.41, 5.74) is 1.72. The summed E-state index contributed by atoms with van der Waals surface area (Å²) in [5, 5.41) is 14.7. The first-order valence-corrected chi connectivity index (χ1v) is 7.44. The number of hydrogen-bond donors (Lipinski definition) is 1. The number of nitrogens with one attached hydrogen (secondary N) is 1. The summed E-state index contributed by atoms with van der Waals surface area (Å²) >= 11 is 9.18. The second kappa shape index (κ2) is 6.87. The van der Waals surface area contributed by atoms with Crippen LogP contribution < -0.4 is 5.32 Å². The number of pyridine rings is 1. The van der Waals surface area contributed by atoms with Gasteiger partial charge in [0.05, 0.1) is 9.40 Å². The lowest BCUT2D eigenvalue weighted by Crippen LogP contribution is -2.08. The summed E-state index contributed by atoms with van der Waals surface area (Å²) in [4.78, 5) is 14.5. The first kappa shape index (κ1) is 15.7. The van der Waals surface area contributed by atoms with E-state index in [1.54, 1.807) is 6.92 Å². The minimum atomic E-state index is -0.440. The minimum Gasteiger partial charge on any atom is -0.369 e. The number of hydrogen-bond acceptors (Lipinski definition) is 4. The molecular formula is C14H13BrClN3O2. The van der Waals surface area contributed by atoms with Gasteiger partial charge in [-0.2, -0.15) is 0 Å². The van der Waals surface area contributed by atoms with Crippen molar-refractivity contribution in [2.45, 2.75) is 13.3 Å². The Hall–Kier alpha value is -1.66. The van der Waals surface area contributed by atoms with Crippen molar-refractivity contribution in [1.82, 2.24) is 4.98 Å². The minimum absolute atomic E-state index is 0.00475. The van der Waals surface area contributed by atoms with Crippen LogP contribution in [0.2, 0.25) is 5.02 Å². The molecule has 7 heteroatoms. The first-order valence-electron chi connectivity index (χ1n) is 6.27. The topological polar surface area (TPSA) is 68.1 Å². The van der Waals surface area contributed by atoms with Crippen molar-refractivity contribution in [2.24, 2.45) is 0 Å². The fourth-order valence-corrected chi connectivity index (χ4v) is 2.42. The Morgan fingerprint density at radius 3 is 2.67 bits per heavy atom. The summed E-state index contributed by atoms with van der Waals surface area (Å²) in [6.07, 6.45) is 2.08. The maximum absolute atomic E-state index is 10.8. The number of rotatable bonds is 5. The Morgan fingerprint density at radius 2 is 2.05 bits per heavy atom. The summed E-state index contributed by atoms with van der Waals surface area (Å²) < 4.78 is 0.618. The summed E-state index contributed by atoms with van der Waals surface area (Å²) in [5.74, 6) is 0.604. The van der Waals surface area contributed by atoms with E-state index in [4.69, 9.17) is 11.6 Å². The molecule has 0 unspecified atom stereocenters. The van der Waals surface area contributed by atoms with E-state index in [-0.39, 0.29) is 5.69 Å². The van der Waals surface area contributed by atoms with Gasteiger partial charge in [0.25, 0.3) is 5.69 Å². The van der Waals surface area contributed by atoms with Gasteiger partial charge in [0.1, 0.15) is 12.0 Å². The number of halogens is 2. The van der Waals surface area contributed by atoms with Crippen LogP contribution in [0.3, 0.4) is 0 Å². The maximum atomic E-state index is 10.8. The lowest BCUT2D eigenvalue weighted by molar-refractivity contribution is -0.385. The zero-order valence-electron chi connectivity index (χ0n) is 11.3. The third-order valence-electron chi connectivity index (χ3n) is 3.05. The van der Waals surface area contributed by atoms with Crippen LogP contribution in [0.5, 0.6) is 0 Å². The highest BCUT2D eigenvalue weighted by Gasteiger charge is 2.16. The van der Waals surface area contributed by atoms with E-state index in [0.29, 0.717) is 27.4 Å². The van der Waals surface area contributed by atoms with Crippen molar-refractivity contribution >= 4 is 39.0 Å². The molecule has 2 rings (SSSR count). The highest BCUT2D eigenvalue weighted by molar-refractivity contribution is 9.10. The average molecular weight is 371 g/mol. The normalized spacial score (nSPS) is 10.4. The monoisotopic (exact) mass is 369 g/mol. The summed E-state index contributed by atoms with van der Waals surface area (Å²) in [6, 6.07) is 7.63. The molecule has 1 aromatic carbocycles. The largest absolute Gasteiger partial charge is 0.369 e. The summed E-state index contributed by atoms with van der Waals surface area (Å²) in [6.45, 7) is 2.36. The number of benzene rings is 1. The number of aromatic nitrogens is 1. The second-order valence-corrected chi connectivity index (χ2v) is 5.72. The number of nitro groups is 1. The molecule has 1 N–H and O–H groups in total. The SMILES string of the molecule is Cc1c([N+](=O)[O-])cnc(NCCc2ccc(Cl)cc2)c1Br. The molecule has 0 bridgehead atoms. The maximum Gasteiger partial charge on any atom is 0.291 e. The van der Waals surface area contributed by atoms with Crippen LogP contribution in [-0.2, 0) is 6.42 Å². The van der Waals surface area contributed by atoms with E-state index in [1.807, 2.05) is 24.3 Å². The van der Waals surface area contributed by atoms with Crippen molar-refractivity contribution in [3.8, 4) is 0 Å². The zero-order chi connectivity index (χ0) is 15.4. The molecule has 1 heterocycles. The van der Waals surface area contributed by atoms with Gasteiger partial charge in [-0.1, -0.05) is 23.7 Å². The molecule has 1 aromatic heterocycles. The highest BCUT2D eigenvalue weighted by Crippen LogP contribution is 2.30. The van der Waals surface area contributed by atoms with Gasteiger partial charge >= 0.3 is 0 Å². The lowest BCUT2D eigenvalue weighted by atomic mass is 10.1. The molecule has 0 fully saturated rings. The molecule has 2 aromatic rings. The average Bonchev–Trinajstić information content (AvgIpc) is 2.45. The van der Waals surface area contributed by atoms with Gasteiger partial charge in [0.15, 0.2) is 0 Å². The third-order valence-corrected chi connectivity index (χ3v) is 4.28. The van der Waals surface area contributed by atoms with Gasteiger partial charge in [-0.05, 0) is 47.0 Å². The molecule has 0 saturated carbocycles. The van der Waals surface area contributed by atoms with Crippen LogP contribution in [0.1, 0.15) is 11.1 Å². The van der Waals surface area contributed by atoms with Gasteiger partial charge in [-0.15, -0.1) is 0 Å². The molecule has 0 atom stereocenters. The van der Waals surface area contributed by atoms with E-state index >= 15 is 0 Å². The van der Waals surface area contributed by atoms with Crippen molar-refractivity contribution in [3.05, 3.63) is 61.2 Å². The standard InChI is InChI=1S/C14H13BrClN3O2/c1-9-12(19(20)21)8-18-14(13(9)15)17-7-6-10-2-4-11(16)5-3-10/h2-5,8H,6-7H2,1H3,(H,17,18). The van der Waals surface area contributed by atoms with Gasteiger partial charge < -0.3 is 5.32 Å². The fraction of sp³-hybridized carbons (Fsp3) is 0.214. The fourth-order valence-electron chi connectivity index (χ4n) is 1.85. The molecule has 0 radical (unpaired) electrons. The molecule has 0 aliphatic carbocycles. The van der Waals surface area contributed by atoms with E-state index in [0.717, 1.165) is 12.0 Å². The second-order valence-electron chi connectivity index (χ2n) is 4.49. The Balaban J connectivity index is 2.02. The zero-order valence-corrected chi connectivity index (χ0v) is 13.6. The molecular weight excluding hydrogens is 358 g/mol. The van der Waals surface area contributed by atoms with E-state index < -0.39 is 4.92 Å². The molecule has 0 spiro atoms. The van der Waals surface area contributed by atoms with Crippen LogP contribution in [0.15, 0.2) is 34.9 Å². The van der Waals surface area contributed by atoms with Crippen molar-refractivity contribution in [3.63, 3.8) is 0 Å². The molecule has 0 amide bonds. The van der Waals surface area contributed by atoms with Gasteiger partial charge in [-0.3, -0.25) is 10.1 Å². The lowest BCUT2D eigenvalue weighted by Gasteiger charge is -2.09. The Kier molecular flexibility index (Phi) is 5.14. The third kappa shape index (κ3) is 3.92. The molecule has 0 aliphatic rings. The first-order chi connectivity index (χ1) is 9.99. The predicted molar refractivity (Wildman–Crippen MR) is 87.0 cm³/mol. The molecule has 0 saturated heterocycles. The molecule has 5 nitrogen and oxygen atoms in total. The number of anilines is 1. The molecule has 21 heavy (non-hydrogen) atoms. The van der Waals surface area contributed by atoms with Gasteiger partial charge in [0.2, 0.25) is 0 Å². The molecule has 0 aliphatic heterocycles. The van der Waals surface area contributed by atoms with Gasteiger partial charge in [-0.25, -0.2) is 4.98 Å². The van der Waals surface area contributed by atoms with Crippen LogP contribution in [-0.4, -0.2) is 16.5 Å². The van der Waals surface area contributed by atoms with Crippen LogP contribution in [0, 0.1) is 17.0 Å². The van der Waals surface area contributed by atoms with E-state index in [2.05, 4.69) is 26.2 Å². The highest BCUT2D eigenvalue weighted by atomic mass is 79.9. The quantitative estimate of drug-likeness (QED) is 0.627. The Bertz CT molecular complexity index is 662.